The highest BCUT2D eigenvalue weighted by molar-refractivity contribution is 7.90. The molecule has 0 spiro atoms. The fourth-order valence-corrected chi connectivity index (χ4v) is 8.73. The van der Waals surface area contributed by atoms with Crippen LogP contribution in [-0.2, 0) is 52.0 Å². The first-order valence-electron chi connectivity index (χ1n) is 16.5. The monoisotopic (exact) mass is 777 g/mol. The molecule has 3 aromatic rings. The van der Waals surface area contributed by atoms with Gasteiger partial charge < -0.3 is 24.8 Å². The molecular weight excluding hydrogens is 738 g/mol. The lowest BCUT2D eigenvalue weighted by Crippen LogP contribution is -2.53. The molecular formula is C34H40ClN5O10S2. The number of nitrogens with one attached hydrogen (secondary N) is 3. The first-order valence-corrected chi connectivity index (χ1v) is 19.9. The van der Waals surface area contributed by atoms with Gasteiger partial charge in [-0.05, 0) is 62.1 Å². The van der Waals surface area contributed by atoms with Crippen molar-refractivity contribution < 1.29 is 45.8 Å². The highest BCUT2D eigenvalue weighted by Gasteiger charge is 2.42. The van der Waals surface area contributed by atoms with Crippen LogP contribution in [-0.4, -0.2) is 88.2 Å². The molecule has 3 aromatic carbocycles. The summed E-state index contributed by atoms with van der Waals surface area (Å²) in [5.74, 6) is -1.76. The smallest absolute Gasteiger partial charge is 0.326 e. The molecule has 2 heterocycles. The number of primary sulfonamides is 1. The van der Waals surface area contributed by atoms with Crippen LogP contribution in [0.5, 0.6) is 5.75 Å². The number of nitrogens with two attached hydrogens (primary N) is 1. The van der Waals surface area contributed by atoms with E-state index in [1.807, 2.05) is 30.3 Å². The largest absolute Gasteiger partial charge is 0.488 e. The van der Waals surface area contributed by atoms with Gasteiger partial charge in [0.15, 0.2) is 0 Å². The number of carboxylic acid groups (broad SMARTS) is 1. The molecule has 280 valence electrons. The van der Waals surface area contributed by atoms with Crippen LogP contribution in [0.4, 0.5) is 5.69 Å². The molecule has 1 fully saturated rings. The lowest BCUT2D eigenvalue weighted by molar-refractivity contribution is -0.150. The first-order chi connectivity index (χ1) is 24.5. The van der Waals surface area contributed by atoms with Crippen LogP contribution >= 0.6 is 11.6 Å². The minimum atomic E-state index is -4.26. The maximum absolute atomic E-state index is 13.6. The summed E-state index contributed by atoms with van der Waals surface area (Å²) < 4.78 is 63.3. The number of anilines is 1. The van der Waals surface area contributed by atoms with Gasteiger partial charge >= 0.3 is 11.9 Å². The normalized spacial score (nSPS) is 20.6. The maximum Gasteiger partial charge on any atom is 0.326 e. The quantitative estimate of drug-likeness (QED) is 0.149. The Balaban J connectivity index is 1.20. The van der Waals surface area contributed by atoms with Gasteiger partial charge in [-0.3, -0.25) is 14.9 Å². The van der Waals surface area contributed by atoms with E-state index in [1.54, 1.807) is 38.1 Å². The SMILES string of the molecule is CCOC(=O)[C@H](CCc1ccccc1)N[C@@H](C)C(=O)N1CC(Oc2ccc(CC3Nc4cc(Cl)c(S(N)(=O)=O)cc4S(=O)(=O)N3)cc2)C[C@H]1C(=O)O. The van der Waals surface area contributed by atoms with E-state index in [-0.39, 0.29) is 41.6 Å². The number of hydrogen-bond donors (Lipinski definition) is 5. The van der Waals surface area contributed by atoms with Crippen molar-refractivity contribution in [3.05, 3.63) is 82.9 Å². The van der Waals surface area contributed by atoms with Gasteiger partial charge in [-0.2, -0.15) is 4.72 Å². The van der Waals surface area contributed by atoms with Crippen molar-refractivity contribution in [3.63, 3.8) is 0 Å². The number of aliphatic carboxylic acids is 1. The Kier molecular flexibility index (Phi) is 12.1. The Hall–Kier alpha value is -4.26. The maximum atomic E-state index is 13.6. The van der Waals surface area contributed by atoms with E-state index in [0.717, 1.165) is 11.6 Å². The van der Waals surface area contributed by atoms with Crippen molar-refractivity contribution in [3.8, 4) is 5.75 Å². The summed E-state index contributed by atoms with van der Waals surface area (Å²) in [5, 5.41) is 21.0. The highest BCUT2D eigenvalue weighted by Crippen LogP contribution is 2.34. The van der Waals surface area contributed by atoms with Crippen LogP contribution in [0, 0.1) is 0 Å². The van der Waals surface area contributed by atoms with E-state index in [9.17, 15) is 36.3 Å². The highest BCUT2D eigenvalue weighted by atomic mass is 35.5. The third kappa shape index (κ3) is 9.39. The number of likely N-dealkylation sites (tertiary alicyclic amines) is 1. The van der Waals surface area contributed by atoms with Crippen LogP contribution in [0.3, 0.4) is 0 Å². The van der Waals surface area contributed by atoms with Crippen molar-refractivity contribution in [1.29, 1.82) is 0 Å². The second-order valence-corrected chi connectivity index (χ2v) is 16.1. The van der Waals surface area contributed by atoms with Crippen LogP contribution < -0.4 is 25.2 Å². The van der Waals surface area contributed by atoms with Crippen molar-refractivity contribution in [2.45, 2.75) is 79.7 Å². The Morgan fingerprint density at radius 3 is 2.42 bits per heavy atom. The zero-order valence-corrected chi connectivity index (χ0v) is 30.7. The molecule has 6 N–H and O–H groups in total. The van der Waals surface area contributed by atoms with Crippen molar-refractivity contribution in [2.75, 3.05) is 18.5 Å². The molecule has 15 nitrogen and oxygen atoms in total. The number of carboxylic acids is 1. The zero-order valence-electron chi connectivity index (χ0n) is 28.3. The number of aryl methyl sites for hydroxylation is 1. The van der Waals surface area contributed by atoms with E-state index < -0.39 is 73.2 Å². The summed E-state index contributed by atoms with van der Waals surface area (Å²) in [6, 6.07) is 15.6. The number of benzene rings is 3. The lowest BCUT2D eigenvalue weighted by Gasteiger charge is -2.28. The molecule has 1 saturated heterocycles. The van der Waals surface area contributed by atoms with E-state index in [2.05, 4.69) is 15.4 Å². The Morgan fingerprint density at radius 1 is 1.10 bits per heavy atom. The number of rotatable bonds is 14. The summed E-state index contributed by atoms with van der Waals surface area (Å²) in [6.45, 7) is 3.45. The third-order valence-corrected chi connectivity index (χ3v) is 11.6. The van der Waals surface area contributed by atoms with Gasteiger partial charge in [0.25, 0.3) is 0 Å². The van der Waals surface area contributed by atoms with Crippen LogP contribution in [0.15, 0.2) is 76.5 Å². The molecule has 52 heavy (non-hydrogen) atoms. The van der Waals surface area contributed by atoms with E-state index in [0.29, 0.717) is 24.2 Å². The molecule has 5 atom stereocenters. The number of carbonyl (C=O) groups excluding carboxylic acids is 2. The average Bonchev–Trinajstić information content (AvgIpc) is 3.50. The number of amides is 1. The number of nitrogens with zero attached hydrogens (tertiary/aromatic N) is 1. The van der Waals surface area contributed by atoms with Crippen LogP contribution in [0.1, 0.15) is 37.8 Å². The minimum Gasteiger partial charge on any atom is -0.488 e. The minimum absolute atomic E-state index is 0.000569. The number of hydrogen-bond acceptors (Lipinski definition) is 11. The Morgan fingerprint density at radius 2 is 1.79 bits per heavy atom. The first kappa shape index (κ1) is 39.0. The molecule has 0 saturated carbocycles. The van der Waals surface area contributed by atoms with E-state index >= 15 is 0 Å². The van der Waals surface area contributed by atoms with Gasteiger partial charge in [0.2, 0.25) is 26.0 Å². The number of carbonyl (C=O) groups is 3. The summed E-state index contributed by atoms with van der Waals surface area (Å²) in [5.41, 5.74) is 1.84. The van der Waals surface area contributed by atoms with Gasteiger partial charge in [0.05, 0.1) is 36.1 Å². The van der Waals surface area contributed by atoms with Gasteiger partial charge in [0, 0.05) is 12.8 Å². The average molecular weight is 778 g/mol. The van der Waals surface area contributed by atoms with Crippen LogP contribution in [0.25, 0.3) is 0 Å². The summed E-state index contributed by atoms with van der Waals surface area (Å²) in [6.07, 6.45) is -0.288. The van der Waals surface area contributed by atoms with Gasteiger partial charge in [0.1, 0.15) is 33.7 Å². The lowest BCUT2D eigenvalue weighted by atomic mass is 10.0. The molecule has 0 aliphatic carbocycles. The van der Waals surface area contributed by atoms with Crippen LogP contribution in [0.2, 0.25) is 5.02 Å². The number of sulfonamides is 2. The molecule has 2 aliphatic heterocycles. The predicted octanol–water partition coefficient (Wildman–Crippen LogP) is 2.24. The summed E-state index contributed by atoms with van der Waals surface area (Å²) in [4.78, 5) is 39.0. The molecule has 18 heteroatoms. The Labute approximate surface area is 306 Å². The molecule has 5 rings (SSSR count). The zero-order chi connectivity index (χ0) is 37.8. The molecule has 2 unspecified atom stereocenters. The van der Waals surface area contributed by atoms with Gasteiger partial charge in [-0.15, -0.1) is 0 Å². The van der Waals surface area contributed by atoms with Gasteiger partial charge in [-0.25, -0.2) is 26.8 Å². The fourth-order valence-electron chi connectivity index (χ4n) is 6.23. The predicted molar refractivity (Wildman–Crippen MR) is 191 cm³/mol. The summed E-state index contributed by atoms with van der Waals surface area (Å²) >= 11 is 6.07. The number of fused-ring (bicyclic) bond motifs is 1. The second-order valence-electron chi connectivity index (χ2n) is 12.5. The summed E-state index contributed by atoms with van der Waals surface area (Å²) in [7, 11) is -8.38. The van der Waals surface area contributed by atoms with E-state index in [1.165, 1.54) is 11.0 Å². The molecule has 2 aliphatic rings. The Bertz CT molecular complexity index is 2020. The third-order valence-electron chi connectivity index (χ3n) is 8.71. The number of esters is 1. The molecule has 0 aromatic heterocycles. The van der Waals surface area contributed by atoms with Crippen molar-refractivity contribution in [1.82, 2.24) is 14.9 Å². The molecule has 1 amide bonds. The van der Waals surface area contributed by atoms with Crippen molar-refractivity contribution in [2.24, 2.45) is 5.14 Å². The second kappa shape index (κ2) is 16.2. The molecule has 0 bridgehead atoms. The van der Waals surface area contributed by atoms with Gasteiger partial charge in [-0.1, -0.05) is 54.1 Å². The topological polar surface area (TPSA) is 224 Å². The number of halogens is 1. The standard InChI is InChI=1S/C34H40ClN5O10S2/c1-3-49-34(44)26(14-11-21-7-5-4-6-8-21)37-20(2)32(41)40-19-24(16-28(40)33(42)43)50-23-12-9-22(10-13-23)15-31-38-27-17-25(35)29(51(36,45)46)18-30(27)52(47,48)39-31/h4-10,12-13,17-18,20,24,26,28,31,37-39H,3,11,14-16,19H2,1-2H3,(H,42,43)(H2,36,45,46)/t20-,24?,26-,28-,31?/m0/s1. The van der Waals surface area contributed by atoms with E-state index in [4.69, 9.17) is 26.2 Å². The molecule has 0 radical (unpaired) electrons. The number of ether oxygens (including phenoxy) is 2. The fraction of sp³-hybridized carbons (Fsp3) is 0.382. The van der Waals surface area contributed by atoms with Crippen molar-refractivity contribution >= 4 is 55.2 Å².